The Morgan fingerprint density at radius 3 is 2.50 bits per heavy atom. The van der Waals surface area contributed by atoms with Gasteiger partial charge in [0, 0.05) is 31.2 Å². The zero-order valence-electron chi connectivity index (χ0n) is 12.5. The molecular formula is C16H25N3O. The molecule has 1 aromatic rings. The van der Waals surface area contributed by atoms with Crippen molar-refractivity contribution in [2.75, 3.05) is 18.0 Å². The van der Waals surface area contributed by atoms with Crippen molar-refractivity contribution in [1.29, 1.82) is 0 Å². The normalized spacial score (nSPS) is 26.2. The maximum atomic E-state index is 13.0. The van der Waals surface area contributed by atoms with Gasteiger partial charge in [-0.25, -0.2) is 0 Å². The Hall–Kier alpha value is -1.42. The van der Waals surface area contributed by atoms with Crippen LogP contribution in [-0.4, -0.2) is 24.0 Å². The quantitative estimate of drug-likeness (QED) is 0.918. The summed E-state index contributed by atoms with van der Waals surface area (Å²) in [6.07, 6.45) is 7.45. The average molecular weight is 275 g/mol. The van der Waals surface area contributed by atoms with Crippen LogP contribution in [0.2, 0.25) is 0 Å². The molecule has 0 unspecified atom stereocenters. The third-order valence-corrected chi connectivity index (χ3v) is 4.61. The highest BCUT2D eigenvalue weighted by atomic mass is 16.2. The minimum Gasteiger partial charge on any atom is -0.329 e. The number of hydrogen-bond donors (Lipinski definition) is 1. The van der Waals surface area contributed by atoms with Crippen LogP contribution < -0.4 is 10.6 Å². The van der Waals surface area contributed by atoms with E-state index in [0.29, 0.717) is 19.0 Å². The number of aromatic nitrogens is 1. The van der Waals surface area contributed by atoms with Gasteiger partial charge in [0.05, 0.1) is 5.41 Å². The maximum absolute atomic E-state index is 13.0. The van der Waals surface area contributed by atoms with Crippen molar-refractivity contribution in [1.82, 2.24) is 4.98 Å². The van der Waals surface area contributed by atoms with Gasteiger partial charge in [0.2, 0.25) is 5.91 Å². The summed E-state index contributed by atoms with van der Waals surface area (Å²) >= 11 is 0. The third kappa shape index (κ3) is 2.85. The Balaban J connectivity index is 2.23. The Morgan fingerprint density at radius 2 is 2.00 bits per heavy atom. The second-order valence-corrected chi connectivity index (χ2v) is 5.92. The highest BCUT2D eigenvalue weighted by molar-refractivity contribution is 5.97. The fraction of sp³-hybridized carbons (Fsp3) is 0.625. The number of carbonyl (C=O) groups is 1. The number of nitrogens with zero attached hydrogens (tertiary/aromatic N) is 2. The average Bonchev–Trinajstić information content (AvgIpc) is 2.50. The summed E-state index contributed by atoms with van der Waals surface area (Å²) in [4.78, 5) is 18.9. The first kappa shape index (κ1) is 15.0. The number of amides is 1. The lowest BCUT2D eigenvalue weighted by Crippen LogP contribution is -2.50. The minimum atomic E-state index is -0.369. The largest absolute Gasteiger partial charge is 0.329 e. The third-order valence-electron chi connectivity index (χ3n) is 4.61. The van der Waals surface area contributed by atoms with E-state index < -0.39 is 0 Å². The maximum Gasteiger partial charge on any atom is 0.234 e. The molecule has 4 heteroatoms. The number of anilines is 1. The van der Waals surface area contributed by atoms with Gasteiger partial charge in [0.15, 0.2) is 0 Å². The van der Waals surface area contributed by atoms with Crippen LogP contribution in [0.3, 0.4) is 0 Å². The van der Waals surface area contributed by atoms with E-state index >= 15 is 0 Å². The first-order valence-electron chi connectivity index (χ1n) is 7.55. The predicted octanol–water partition coefficient (Wildman–Crippen LogP) is 2.59. The lowest BCUT2D eigenvalue weighted by atomic mass is 9.70. The van der Waals surface area contributed by atoms with Crippen molar-refractivity contribution in [3.8, 4) is 0 Å². The second-order valence-electron chi connectivity index (χ2n) is 5.92. The molecule has 0 saturated heterocycles. The lowest BCUT2D eigenvalue weighted by molar-refractivity contribution is -0.130. The molecule has 0 spiro atoms. The zero-order chi connectivity index (χ0) is 14.6. The molecule has 0 radical (unpaired) electrons. The van der Waals surface area contributed by atoms with E-state index in [1.807, 2.05) is 24.0 Å². The van der Waals surface area contributed by atoms with Crippen LogP contribution in [0, 0.1) is 11.3 Å². The highest BCUT2D eigenvalue weighted by Crippen LogP contribution is 2.40. The fourth-order valence-electron chi connectivity index (χ4n) is 3.07. The smallest absolute Gasteiger partial charge is 0.234 e. The second kappa shape index (κ2) is 6.35. The van der Waals surface area contributed by atoms with Gasteiger partial charge in [0.25, 0.3) is 0 Å². The van der Waals surface area contributed by atoms with Gasteiger partial charge in [-0.1, -0.05) is 6.92 Å². The van der Waals surface area contributed by atoms with Crippen LogP contribution in [0.5, 0.6) is 0 Å². The number of carbonyl (C=O) groups excluding carboxylic acids is 1. The molecular weight excluding hydrogens is 250 g/mol. The van der Waals surface area contributed by atoms with Crippen LogP contribution in [0.25, 0.3) is 0 Å². The molecule has 1 aliphatic rings. The molecule has 4 nitrogen and oxygen atoms in total. The summed E-state index contributed by atoms with van der Waals surface area (Å²) in [5.41, 5.74) is 6.54. The Kier molecular flexibility index (Phi) is 4.76. The lowest BCUT2D eigenvalue weighted by Gasteiger charge is -2.40. The molecule has 2 N–H and O–H groups in total. The van der Waals surface area contributed by atoms with Crippen LogP contribution in [-0.2, 0) is 4.79 Å². The van der Waals surface area contributed by atoms with E-state index in [0.717, 1.165) is 31.4 Å². The molecule has 0 atom stereocenters. The monoisotopic (exact) mass is 275 g/mol. The van der Waals surface area contributed by atoms with E-state index in [2.05, 4.69) is 11.9 Å². The molecule has 20 heavy (non-hydrogen) atoms. The minimum absolute atomic E-state index is 0.181. The van der Waals surface area contributed by atoms with E-state index in [-0.39, 0.29) is 11.3 Å². The Morgan fingerprint density at radius 1 is 1.40 bits per heavy atom. The highest BCUT2D eigenvalue weighted by Gasteiger charge is 2.42. The molecule has 0 aromatic carbocycles. The van der Waals surface area contributed by atoms with Gasteiger partial charge in [-0.15, -0.1) is 0 Å². The summed E-state index contributed by atoms with van der Waals surface area (Å²) in [5.74, 6) is 0.888. The molecule has 1 saturated carbocycles. The zero-order valence-corrected chi connectivity index (χ0v) is 12.5. The predicted molar refractivity (Wildman–Crippen MR) is 81.4 cm³/mol. The van der Waals surface area contributed by atoms with Gasteiger partial charge in [0.1, 0.15) is 0 Å². The summed E-state index contributed by atoms with van der Waals surface area (Å²) in [6, 6.07) is 3.77. The molecule has 110 valence electrons. The number of rotatable bonds is 4. The summed E-state index contributed by atoms with van der Waals surface area (Å²) < 4.78 is 0. The van der Waals surface area contributed by atoms with Crippen LogP contribution in [0.15, 0.2) is 24.5 Å². The summed E-state index contributed by atoms with van der Waals surface area (Å²) in [5, 5.41) is 0. The van der Waals surface area contributed by atoms with E-state index in [4.69, 9.17) is 5.73 Å². The van der Waals surface area contributed by atoms with Gasteiger partial charge < -0.3 is 10.6 Å². The Bertz CT molecular complexity index is 438. The first-order chi connectivity index (χ1) is 9.63. The van der Waals surface area contributed by atoms with E-state index in [1.165, 1.54) is 0 Å². The van der Waals surface area contributed by atoms with Gasteiger partial charge in [-0.3, -0.25) is 9.78 Å². The van der Waals surface area contributed by atoms with Crippen molar-refractivity contribution in [2.45, 2.75) is 39.5 Å². The fourth-order valence-corrected chi connectivity index (χ4v) is 3.07. The van der Waals surface area contributed by atoms with Crippen molar-refractivity contribution >= 4 is 11.6 Å². The van der Waals surface area contributed by atoms with Crippen LogP contribution in [0.1, 0.15) is 39.5 Å². The molecule has 2 rings (SSSR count). The van der Waals surface area contributed by atoms with Crippen molar-refractivity contribution < 1.29 is 4.79 Å². The summed E-state index contributed by atoms with van der Waals surface area (Å²) in [7, 11) is 0. The van der Waals surface area contributed by atoms with Crippen molar-refractivity contribution in [2.24, 2.45) is 17.1 Å². The molecule has 1 aromatic heterocycles. The molecule has 1 heterocycles. The van der Waals surface area contributed by atoms with Crippen molar-refractivity contribution in [3.63, 3.8) is 0 Å². The van der Waals surface area contributed by atoms with Crippen LogP contribution in [0.4, 0.5) is 5.69 Å². The van der Waals surface area contributed by atoms with Gasteiger partial charge >= 0.3 is 0 Å². The summed E-state index contributed by atoms with van der Waals surface area (Å²) in [6.45, 7) is 5.37. The van der Waals surface area contributed by atoms with Gasteiger partial charge in [-0.2, -0.15) is 0 Å². The number of hydrogen-bond acceptors (Lipinski definition) is 3. The SMILES string of the molecule is CCN(C(=O)C1(CN)CCC(C)CC1)c1ccncc1. The van der Waals surface area contributed by atoms with E-state index in [1.54, 1.807) is 12.4 Å². The van der Waals surface area contributed by atoms with Crippen LogP contribution >= 0.6 is 0 Å². The topological polar surface area (TPSA) is 59.2 Å². The molecule has 1 fully saturated rings. The van der Waals surface area contributed by atoms with Crippen molar-refractivity contribution in [3.05, 3.63) is 24.5 Å². The molecule has 0 aliphatic heterocycles. The number of nitrogens with two attached hydrogens (primary N) is 1. The number of pyridine rings is 1. The molecule has 1 amide bonds. The van der Waals surface area contributed by atoms with Gasteiger partial charge in [-0.05, 0) is 50.7 Å². The molecule has 0 bridgehead atoms. The van der Waals surface area contributed by atoms with E-state index in [9.17, 15) is 4.79 Å². The molecule has 1 aliphatic carbocycles. The Labute approximate surface area is 121 Å². The standard InChI is InChI=1S/C16H25N3O/c1-3-19(14-6-10-18-11-7-14)15(20)16(12-17)8-4-13(2)5-9-16/h6-7,10-11,13H,3-5,8-9,12,17H2,1-2H3. The first-order valence-corrected chi connectivity index (χ1v) is 7.55.